The number of alkyl halides is 3. The summed E-state index contributed by atoms with van der Waals surface area (Å²) in [5, 5.41) is 0. The Morgan fingerprint density at radius 2 is 1.86 bits per heavy atom. The average Bonchev–Trinajstić information content (AvgIpc) is 3.00. The second-order valence-corrected chi connectivity index (χ2v) is 7.52. The maximum absolute atomic E-state index is 13.4. The number of benzene rings is 1. The van der Waals surface area contributed by atoms with E-state index in [9.17, 15) is 18.0 Å². The second kappa shape index (κ2) is 9.53. The number of amides is 1. The predicted molar refractivity (Wildman–Crippen MR) is 112 cm³/mol. The molecule has 2 N–H and O–H groups in total. The molecule has 5 nitrogen and oxygen atoms in total. The van der Waals surface area contributed by atoms with Crippen molar-refractivity contribution in [1.29, 1.82) is 0 Å². The Morgan fingerprint density at radius 3 is 2.41 bits per heavy atom. The molecular weight excluding hydrogens is 428 g/mol. The van der Waals surface area contributed by atoms with E-state index in [1.165, 1.54) is 6.07 Å². The topological polar surface area (TPSA) is 64.2 Å². The highest BCUT2D eigenvalue weighted by Gasteiger charge is 2.38. The highest BCUT2D eigenvalue weighted by atomic mass is 35.5. The van der Waals surface area contributed by atoms with Crippen molar-refractivity contribution in [3.8, 4) is 0 Å². The Kier molecular flexibility index (Phi) is 8.39. The Hall–Kier alpha value is -1.51. The number of rotatable bonds is 3. The highest BCUT2D eigenvalue weighted by molar-refractivity contribution is 5.97. The van der Waals surface area contributed by atoms with E-state index >= 15 is 0 Å². The van der Waals surface area contributed by atoms with Crippen molar-refractivity contribution in [2.24, 2.45) is 5.73 Å². The van der Waals surface area contributed by atoms with Gasteiger partial charge in [-0.2, -0.15) is 13.2 Å². The van der Waals surface area contributed by atoms with Crippen LogP contribution in [0.5, 0.6) is 0 Å². The Balaban J connectivity index is 0.00000210. The first-order chi connectivity index (χ1) is 12.6. The lowest BCUT2D eigenvalue weighted by Gasteiger charge is -2.38. The van der Waals surface area contributed by atoms with E-state index in [0.717, 1.165) is 23.8 Å². The van der Waals surface area contributed by atoms with Crippen molar-refractivity contribution in [1.82, 2.24) is 14.5 Å². The molecule has 2 atom stereocenters. The molecular formula is C19H27Cl2F3N4O. The number of hydrogen-bond acceptors (Lipinski definition) is 3. The zero-order valence-corrected chi connectivity index (χ0v) is 18.2. The quantitative estimate of drug-likeness (QED) is 0.722. The summed E-state index contributed by atoms with van der Waals surface area (Å²) in [5.41, 5.74) is 6.93. The van der Waals surface area contributed by atoms with Crippen molar-refractivity contribution < 1.29 is 18.0 Å². The summed E-state index contributed by atoms with van der Waals surface area (Å²) in [6.45, 7) is 5.84. The van der Waals surface area contributed by atoms with Gasteiger partial charge in [0.05, 0.1) is 11.0 Å². The first-order valence-corrected chi connectivity index (χ1v) is 9.27. The number of imidazole rings is 1. The van der Waals surface area contributed by atoms with Crippen molar-refractivity contribution in [2.45, 2.75) is 64.3 Å². The molecule has 2 heterocycles. The van der Waals surface area contributed by atoms with Crippen LogP contribution in [-0.2, 0) is 6.18 Å². The van der Waals surface area contributed by atoms with Gasteiger partial charge in [-0.1, -0.05) is 0 Å². The highest BCUT2D eigenvalue weighted by Crippen LogP contribution is 2.34. The zero-order chi connectivity index (χ0) is 19.9. The lowest BCUT2D eigenvalue weighted by atomic mass is 9.96. The Morgan fingerprint density at radius 1 is 1.21 bits per heavy atom. The van der Waals surface area contributed by atoms with Crippen molar-refractivity contribution >= 4 is 41.8 Å². The van der Waals surface area contributed by atoms with E-state index in [-0.39, 0.29) is 48.3 Å². The number of likely N-dealkylation sites (tertiary alicyclic amines) is 1. The molecule has 0 bridgehead atoms. The molecule has 2 unspecified atom stereocenters. The summed E-state index contributed by atoms with van der Waals surface area (Å²) in [6, 6.07) is 3.97. The molecule has 1 aliphatic heterocycles. The van der Waals surface area contributed by atoms with Crippen LogP contribution in [0.1, 0.15) is 62.3 Å². The van der Waals surface area contributed by atoms with E-state index in [1.54, 1.807) is 30.9 Å². The van der Waals surface area contributed by atoms with E-state index < -0.39 is 18.0 Å². The van der Waals surface area contributed by atoms with Gasteiger partial charge in [-0.25, -0.2) is 4.98 Å². The molecule has 0 spiro atoms. The Labute approximate surface area is 180 Å². The van der Waals surface area contributed by atoms with Gasteiger partial charge in [0.2, 0.25) is 5.82 Å². The van der Waals surface area contributed by atoms with Crippen LogP contribution in [0.25, 0.3) is 11.0 Å². The van der Waals surface area contributed by atoms with E-state index in [4.69, 9.17) is 5.73 Å². The molecule has 1 saturated heterocycles. The van der Waals surface area contributed by atoms with Gasteiger partial charge in [-0.05, 0) is 58.2 Å². The number of hydrogen-bond donors (Lipinski definition) is 1. The first kappa shape index (κ1) is 25.5. The lowest BCUT2D eigenvalue weighted by Crippen LogP contribution is -2.51. The van der Waals surface area contributed by atoms with Crippen LogP contribution in [0.15, 0.2) is 18.2 Å². The van der Waals surface area contributed by atoms with Crippen LogP contribution in [0.4, 0.5) is 13.2 Å². The molecule has 0 radical (unpaired) electrons. The van der Waals surface area contributed by atoms with Crippen LogP contribution in [0, 0.1) is 0 Å². The van der Waals surface area contributed by atoms with Gasteiger partial charge < -0.3 is 15.2 Å². The van der Waals surface area contributed by atoms with Crippen molar-refractivity contribution in [3.05, 3.63) is 29.6 Å². The fourth-order valence-electron chi connectivity index (χ4n) is 3.88. The van der Waals surface area contributed by atoms with Crippen LogP contribution in [0.2, 0.25) is 0 Å². The normalized spacial score (nSPS) is 18.3. The summed E-state index contributed by atoms with van der Waals surface area (Å²) in [5.74, 6) is -1.14. The van der Waals surface area contributed by atoms with Crippen molar-refractivity contribution in [3.63, 3.8) is 0 Å². The van der Waals surface area contributed by atoms with Crippen LogP contribution >= 0.6 is 24.8 Å². The maximum atomic E-state index is 13.4. The third kappa shape index (κ3) is 4.98. The van der Waals surface area contributed by atoms with Gasteiger partial charge in [0.25, 0.3) is 5.91 Å². The summed E-state index contributed by atoms with van der Waals surface area (Å²) < 4.78 is 41.3. The number of nitrogens with two attached hydrogens (primary N) is 1. The number of fused-ring (bicyclic) bond motifs is 1. The fraction of sp³-hybridized carbons (Fsp3) is 0.579. The molecule has 1 fully saturated rings. The monoisotopic (exact) mass is 454 g/mol. The van der Waals surface area contributed by atoms with Gasteiger partial charge in [0.1, 0.15) is 0 Å². The van der Waals surface area contributed by atoms with Gasteiger partial charge in [0.15, 0.2) is 0 Å². The molecule has 0 saturated carbocycles. The molecule has 0 aliphatic carbocycles. The third-order valence-electron chi connectivity index (χ3n) is 5.12. The summed E-state index contributed by atoms with van der Waals surface area (Å²) in [4.78, 5) is 18.5. The minimum atomic E-state index is -4.56. The zero-order valence-electron chi connectivity index (χ0n) is 16.6. The van der Waals surface area contributed by atoms with Crippen LogP contribution in [0.3, 0.4) is 0 Å². The largest absolute Gasteiger partial charge is 0.449 e. The van der Waals surface area contributed by atoms with E-state index in [2.05, 4.69) is 4.98 Å². The molecule has 29 heavy (non-hydrogen) atoms. The molecule has 1 aliphatic rings. The molecule has 10 heteroatoms. The van der Waals surface area contributed by atoms with Gasteiger partial charge >= 0.3 is 6.18 Å². The molecule has 1 aromatic carbocycles. The smallest absolute Gasteiger partial charge is 0.334 e. The molecule has 164 valence electrons. The summed E-state index contributed by atoms with van der Waals surface area (Å²) >= 11 is 0. The Bertz CT molecular complexity index is 852. The van der Waals surface area contributed by atoms with Crippen LogP contribution < -0.4 is 5.73 Å². The number of nitrogens with zero attached hydrogens (tertiary/aromatic N) is 3. The maximum Gasteiger partial charge on any atom is 0.449 e. The van der Waals surface area contributed by atoms with E-state index in [1.807, 2.05) is 6.92 Å². The SMILES string of the molecule is CC(N)C1CCCCN1C(=O)c1ccc2c(c1)nc(C(F)(F)F)n2C(C)C.Cl.Cl. The number of piperidine rings is 1. The molecule has 1 aromatic heterocycles. The first-order valence-electron chi connectivity index (χ1n) is 9.27. The predicted octanol–water partition coefficient (Wildman–Crippen LogP) is 4.82. The molecule has 1 amide bonds. The van der Waals surface area contributed by atoms with E-state index in [0.29, 0.717) is 17.6 Å². The average molecular weight is 455 g/mol. The minimum absolute atomic E-state index is 0. The second-order valence-electron chi connectivity index (χ2n) is 7.52. The van der Waals surface area contributed by atoms with Crippen LogP contribution in [-0.4, -0.2) is 39.0 Å². The van der Waals surface area contributed by atoms with Crippen molar-refractivity contribution in [2.75, 3.05) is 6.54 Å². The molecule has 2 aromatic rings. The van der Waals surface area contributed by atoms with Gasteiger partial charge in [-0.3, -0.25) is 4.79 Å². The number of carbonyl (C=O) groups is 1. The molecule has 3 rings (SSSR count). The fourth-order valence-corrected chi connectivity index (χ4v) is 3.88. The summed E-state index contributed by atoms with van der Waals surface area (Å²) in [7, 11) is 0. The number of aromatic nitrogens is 2. The number of carbonyl (C=O) groups excluding carboxylic acids is 1. The summed E-state index contributed by atoms with van der Waals surface area (Å²) in [6.07, 6.45) is -1.80. The standard InChI is InChI=1S/C19H25F3N4O.2ClH/c1-11(2)26-16-8-7-13(10-14(16)24-18(26)19(20,21)22)17(27)25-9-5-4-6-15(25)12(3)23;;/h7-8,10-12,15H,4-6,9,23H2,1-3H3;2*1H. The lowest BCUT2D eigenvalue weighted by molar-refractivity contribution is -0.147. The minimum Gasteiger partial charge on any atom is -0.334 e. The van der Waals surface area contributed by atoms with Gasteiger partial charge in [0, 0.05) is 30.2 Å². The van der Waals surface area contributed by atoms with Gasteiger partial charge in [-0.15, -0.1) is 24.8 Å². The third-order valence-corrected chi connectivity index (χ3v) is 5.12. The number of halogens is 5.